The Morgan fingerprint density at radius 3 is 2.35 bits per heavy atom. The van der Waals surface area contributed by atoms with Gasteiger partial charge >= 0.3 is 0 Å². The maximum absolute atomic E-state index is 11.8. The van der Waals surface area contributed by atoms with Crippen molar-refractivity contribution in [2.24, 2.45) is 0 Å². The molecule has 0 fully saturated rings. The Kier molecular flexibility index (Phi) is 5.09. The van der Waals surface area contributed by atoms with Gasteiger partial charge in [-0.1, -0.05) is 54.2 Å². The summed E-state index contributed by atoms with van der Waals surface area (Å²) < 4.78 is 0. The van der Waals surface area contributed by atoms with Crippen LogP contribution in [0.2, 0.25) is 5.02 Å². The lowest BCUT2D eigenvalue weighted by molar-refractivity contribution is -0.115. The van der Waals surface area contributed by atoms with Crippen molar-refractivity contribution in [2.45, 2.75) is 6.42 Å². The lowest BCUT2D eigenvalue weighted by Gasteiger charge is -2.09. The van der Waals surface area contributed by atoms with Gasteiger partial charge in [0.15, 0.2) is 0 Å². The van der Waals surface area contributed by atoms with Gasteiger partial charge in [-0.2, -0.15) is 0 Å². The fourth-order valence-corrected chi connectivity index (χ4v) is 2.05. The lowest BCUT2D eigenvalue weighted by atomic mass is 10.3. The molecule has 0 saturated heterocycles. The first-order valence-corrected chi connectivity index (χ1v) is 6.83. The molecule has 0 spiro atoms. The van der Waals surface area contributed by atoms with Crippen molar-refractivity contribution in [1.29, 1.82) is 0 Å². The highest BCUT2D eigenvalue weighted by Crippen LogP contribution is 2.20. The van der Waals surface area contributed by atoms with E-state index >= 15 is 0 Å². The van der Waals surface area contributed by atoms with Crippen molar-refractivity contribution >= 4 is 46.1 Å². The van der Waals surface area contributed by atoms with Crippen molar-refractivity contribution in [2.75, 3.05) is 10.6 Å². The molecule has 0 heterocycles. The molecule has 0 radical (unpaired) electrons. The number of hydrogen-bond acceptors (Lipinski definition) is 2. The highest BCUT2D eigenvalue weighted by molar-refractivity contribution is 7.80. The average Bonchev–Trinajstić information content (AvgIpc) is 2.42. The van der Waals surface area contributed by atoms with Crippen LogP contribution in [-0.2, 0) is 4.79 Å². The van der Waals surface area contributed by atoms with Crippen LogP contribution in [0.15, 0.2) is 54.6 Å². The highest BCUT2D eigenvalue weighted by atomic mass is 35.5. The molecule has 2 N–H and O–H groups in total. The van der Waals surface area contributed by atoms with Gasteiger partial charge in [0, 0.05) is 5.69 Å². The first kappa shape index (κ1) is 14.5. The van der Waals surface area contributed by atoms with Gasteiger partial charge in [-0.25, -0.2) is 0 Å². The molecule has 1 amide bonds. The molecule has 3 nitrogen and oxygen atoms in total. The summed E-state index contributed by atoms with van der Waals surface area (Å²) in [5.74, 6) is -0.166. The molecular formula is C15H13ClN2OS. The van der Waals surface area contributed by atoms with Crippen molar-refractivity contribution in [1.82, 2.24) is 0 Å². The molecule has 20 heavy (non-hydrogen) atoms. The second kappa shape index (κ2) is 7.03. The molecule has 0 aromatic heterocycles. The van der Waals surface area contributed by atoms with Gasteiger partial charge in [0.2, 0.25) is 5.91 Å². The van der Waals surface area contributed by atoms with E-state index in [0.717, 1.165) is 5.69 Å². The summed E-state index contributed by atoms with van der Waals surface area (Å²) in [4.78, 5) is 12.2. The third-order valence-corrected chi connectivity index (χ3v) is 3.10. The number of halogens is 1. The Balaban J connectivity index is 1.89. The van der Waals surface area contributed by atoms with Crippen LogP contribution >= 0.6 is 23.8 Å². The molecule has 102 valence electrons. The maximum atomic E-state index is 11.8. The molecule has 0 aliphatic carbocycles. The van der Waals surface area contributed by atoms with Crippen LogP contribution in [0.4, 0.5) is 11.4 Å². The number of nitrogens with one attached hydrogen (secondary N) is 2. The number of carbonyl (C=O) groups excluding carboxylic acids is 1. The first-order valence-electron chi connectivity index (χ1n) is 6.04. The van der Waals surface area contributed by atoms with Crippen LogP contribution in [-0.4, -0.2) is 10.9 Å². The summed E-state index contributed by atoms with van der Waals surface area (Å²) >= 11 is 11.2. The fourth-order valence-electron chi connectivity index (χ4n) is 1.63. The second-order valence-electron chi connectivity index (χ2n) is 4.12. The van der Waals surface area contributed by atoms with E-state index in [1.165, 1.54) is 0 Å². The minimum atomic E-state index is -0.166. The molecule has 2 rings (SSSR count). The van der Waals surface area contributed by atoms with E-state index < -0.39 is 0 Å². The quantitative estimate of drug-likeness (QED) is 0.835. The molecule has 5 heteroatoms. The average molecular weight is 305 g/mol. The van der Waals surface area contributed by atoms with E-state index in [4.69, 9.17) is 23.8 Å². The normalized spacial score (nSPS) is 9.85. The Hall–Kier alpha value is -1.91. The van der Waals surface area contributed by atoms with Gasteiger partial charge in [-0.3, -0.25) is 4.79 Å². The smallest absolute Gasteiger partial charge is 0.231 e. The number of para-hydroxylation sites is 2. The van der Waals surface area contributed by atoms with Crippen molar-refractivity contribution in [3.8, 4) is 0 Å². The fraction of sp³-hybridized carbons (Fsp3) is 0.0667. The van der Waals surface area contributed by atoms with Gasteiger partial charge in [0.1, 0.15) is 0 Å². The van der Waals surface area contributed by atoms with Crippen LogP contribution in [0.1, 0.15) is 6.42 Å². The molecular weight excluding hydrogens is 292 g/mol. The van der Waals surface area contributed by atoms with Gasteiger partial charge in [0.25, 0.3) is 0 Å². The highest BCUT2D eigenvalue weighted by Gasteiger charge is 2.08. The predicted octanol–water partition coefficient (Wildman–Crippen LogP) is 4.11. The largest absolute Gasteiger partial charge is 0.348 e. The molecule has 2 aromatic rings. The summed E-state index contributed by atoms with van der Waals surface area (Å²) in [6.45, 7) is 0. The number of anilines is 2. The molecule has 0 aliphatic rings. The third kappa shape index (κ3) is 4.33. The SMILES string of the molecule is O=C(CC(=S)Nc1ccccc1Cl)Nc1ccccc1. The van der Waals surface area contributed by atoms with E-state index in [1.807, 2.05) is 48.5 Å². The van der Waals surface area contributed by atoms with Gasteiger partial charge in [-0.15, -0.1) is 0 Å². The third-order valence-electron chi connectivity index (χ3n) is 2.53. The second-order valence-corrected chi connectivity index (χ2v) is 5.02. The number of carbonyl (C=O) groups is 1. The molecule has 0 atom stereocenters. The zero-order valence-electron chi connectivity index (χ0n) is 10.6. The molecule has 0 unspecified atom stereocenters. The van der Waals surface area contributed by atoms with Crippen LogP contribution < -0.4 is 10.6 Å². The van der Waals surface area contributed by atoms with Crippen LogP contribution in [0.25, 0.3) is 0 Å². The summed E-state index contributed by atoms with van der Waals surface area (Å²) in [6, 6.07) is 16.5. The summed E-state index contributed by atoms with van der Waals surface area (Å²) in [7, 11) is 0. The van der Waals surface area contributed by atoms with Gasteiger partial charge in [-0.05, 0) is 24.3 Å². The van der Waals surface area contributed by atoms with Crippen LogP contribution in [0, 0.1) is 0 Å². The van der Waals surface area contributed by atoms with E-state index in [2.05, 4.69) is 10.6 Å². The molecule has 0 aliphatic heterocycles. The summed E-state index contributed by atoms with van der Waals surface area (Å²) in [5, 5.41) is 6.31. The predicted molar refractivity (Wildman–Crippen MR) is 87.4 cm³/mol. The lowest BCUT2D eigenvalue weighted by Crippen LogP contribution is -2.20. The number of benzene rings is 2. The van der Waals surface area contributed by atoms with E-state index in [-0.39, 0.29) is 12.3 Å². The Morgan fingerprint density at radius 2 is 1.65 bits per heavy atom. The van der Waals surface area contributed by atoms with E-state index in [9.17, 15) is 4.79 Å². The van der Waals surface area contributed by atoms with Crippen LogP contribution in [0.3, 0.4) is 0 Å². The van der Waals surface area contributed by atoms with Gasteiger partial charge in [0.05, 0.1) is 22.1 Å². The van der Waals surface area contributed by atoms with Crippen molar-refractivity contribution in [3.05, 3.63) is 59.6 Å². The minimum absolute atomic E-state index is 0.107. The summed E-state index contributed by atoms with van der Waals surface area (Å²) in [5.41, 5.74) is 1.45. The first-order chi connectivity index (χ1) is 9.65. The Morgan fingerprint density at radius 1 is 1.00 bits per heavy atom. The molecule has 0 saturated carbocycles. The monoisotopic (exact) mass is 304 g/mol. The number of thiocarbonyl (C=S) groups is 1. The topological polar surface area (TPSA) is 41.1 Å². The van der Waals surface area contributed by atoms with E-state index in [1.54, 1.807) is 6.07 Å². The Bertz CT molecular complexity index is 616. The van der Waals surface area contributed by atoms with Crippen LogP contribution in [0.5, 0.6) is 0 Å². The van der Waals surface area contributed by atoms with Gasteiger partial charge < -0.3 is 10.6 Å². The number of hydrogen-bond donors (Lipinski definition) is 2. The standard InChI is InChI=1S/C15H13ClN2OS/c16-12-8-4-5-9-13(12)18-15(20)10-14(19)17-11-6-2-1-3-7-11/h1-9H,10H2,(H,17,19)(H,18,20). The maximum Gasteiger partial charge on any atom is 0.231 e. The van der Waals surface area contributed by atoms with Crippen molar-refractivity contribution in [3.63, 3.8) is 0 Å². The minimum Gasteiger partial charge on any atom is -0.348 e. The summed E-state index contributed by atoms with van der Waals surface area (Å²) in [6.07, 6.45) is 0.107. The zero-order chi connectivity index (χ0) is 14.4. The number of rotatable bonds is 4. The zero-order valence-corrected chi connectivity index (χ0v) is 12.2. The van der Waals surface area contributed by atoms with Crippen molar-refractivity contribution < 1.29 is 4.79 Å². The van der Waals surface area contributed by atoms with E-state index in [0.29, 0.717) is 15.7 Å². The molecule has 2 aromatic carbocycles. The molecule has 0 bridgehead atoms. The Labute approximate surface area is 128 Å². The number of amides is 1.